The summed E-state index contributed by atoms with van der Waals surface area (Å²) in [7, 11) is 0. The molecule has 0 aliphatic rings. The van der Waals surface area contributed by atoms with Gasteiger partial charge in [-0.1, -0.05) is 200 Å². The molecule has 332 valence electrons. The van der Waals surface area contributed by atoms with Crippen molar-refractivity contribution >= 4 is 11.9 Å². The summed E-state index contributed by atoms with van der Waals surface area (Å²) in [6, 6.07) is -0.753. The van der Waals surface area contributed by atoms with E-state index in [1.807, 2.05) is 18.2 Å². The summed E-state index contributed by atoms with van der Waals surface area (Å²) >= 11 is 0. The number of esters is 1. The van der Waals surface area contributed by atoms with E-state index in [1.165, 1.54) is 38.5 Å². The lowest BCUT2D eigenvalue weighted by Gasteiger charge is -2.24. The highest BCUT2D eigenvalue weighted by atomic mass is 16.5. The highest BCUT2D eigenvalue weighted by Gasteiger charge is 2.23. The third-order valence-electron chi connectivity index (χ3n) is 9.55. The van der Waals surface area contributed by atoms with Crippen LogP contribution in [0.5, 0.6) is 0 Å². The smallest absolute Gasteiger partial charge is 0.306 e. The number of carbonyl (C=O) groups excluding carboxylic acids is 2. The lowest BCUT2D eigenvalue weighted by Crippen LogP contribution is -2.46. The maximum atomic E-state index is 13.1. The molecule has 0 radical (unpaired) electrons. The highest BCUT2D eigenvalue weighted by molar-refractivity contribution is 5.77. The molecule has 0 bridgehead atoms. The van der Waals surface area contributed by atoms with Gasteiger partial charge in [0, 0.05) is 12.8 Å². The average molecular weight is 816 g/mol. The van der Waals surface area contributed by atoms with E-state index in [9.17, 15) is 19.8 Å². The first kappa shape index (κ1) is 55.3. The molecule has 3 N–H and O–H groups in total. The quantitative estimate of drug-likeness (QED) is 0.0326. The van der Waals surface area contributed by atoms with Crippen molar-refractivity contribution < 1.29 is 24.5 Å². The summed E-state index contributed by atoms with van der Waals surface area (Å²) in [4.78, 5) is 26.0. The van der Waals surface area contributed by atoms with Gasteiger partial charge in [0.05, 0.1) is 25.2 Å². The number of unbranched alkanes of at least 4 members (excludes halogenated alkanes) is 8. The lowest BCUT2D eigenvalue weighted by atomic mass is 10.0. The maximum absolute atomic E-state index is 13.1. The SMILES string of the molecule is CC/C=C\C/C=C\C/C=C\C/C=C\C/C=C\CC(CC(=O)NC(CO)C(O)CCCCCCCCCCC)OC(=O)CC/C=C/C/C=C/C/C=C/C/C=C/C/C=C/CC. The van der Waals surface area contributed by atoms with Crippen LogP contribution in [0.25, 0.3) is 0 Å². The van der Waals surface area contributed by atoms with E-state index < -0.39 is 18.2 Å². The molecule has 0 aliphatic heterocycles. The van der Waals surface area contributed by atoms with Crippen LogP contribution in [-0.2, 0) is 14.3 Å². The number of rotatable bonds is 39. The molecule has 0 aromatic carbocycles. The minimum Gasteiger partial charge on any atom is -0.461 e. The normalized spacial score (nSPS) is 14.5. The Morgan fingerprint density at radius 2 is 0.915 bits per heavy atom. The Bertz CT molecular complexity index is 1280. The number of hydrogen-bond acceptors (Lipinski definition) is 5. The number of nitrogens with one attached hydrogen (secondary N) is 1. The second-order valence-corrected chi connectivity index (χ2v) is 15.0. The molecule has 0 fully saturated rings. The highest BCUT2D eigenvalue weighted by Crippen LogP contribution is 2.14. The van der Waals surface area contributed by atoms with Gasteiger partial charge >= 0.3 is 5.97 Å². The molecule has 0 aromatic rings. The number of carbonyl (C=O) groups is 2. The van der Waals surface area contributed by atoms with Gasteiger partial charge < -0.3 is 20.3 Å². The van der Waals surface area contributed by atoms with Crippen LogP contribution in [-0.4, -0.2) is 46.9 Å². The van der Waals surface area contributed by atoms with Crippen molar-refractivity contribution in [1.82, 2.24) is 5.32 Å². The van der Waals surface area contributed by atoms with E-state index in [0.29, 0.717) is 19.3 Å². The topological polar surface area (TPSA) is 95.9 Å². The first-order valence-electron chi connectivity index (χ1n) is 23.3. The third kappa shape index (κ3) is 40.8. The van der Waals surface area contributed by atoms with Gasteiger partial charge in [0.1, 0.15) is 6.10 Å². The second kappa shape index (κ2) is 45.3. The molecule has 1 amide bonds. The zero-order chi connectivity index (χ0) is 43.1. The van der Waals surface area contributed by atoms with Crippen molar-refractivity contribution in [3.8, 4) is 0 Å². The van der Waals surface area contributed by atoms with Gasteiger partial charge in [-0.05, 0) is 77.0 Å². The van der Waals surface area contributed by atoms with E-state index in [4.69, 9.17) is 4.74 Å². The van der Waals surface area contributed by atoms with Crippen LogP contribution in [0.1, 0.15) is 175 Å². The Morgan fingerprint density at radius 1 is 0.525 bits per heavy atom. The Kier molecular flexibility index (Phi) is 42.5. The summed E-state index contributed by atoms with van der Waals surface area (Å²) in [6.07, 6.45) is 62.8. The maximum Gasteiger partial charge on any atom is 0.306 e. The van der Waals surface area contributed by atoms with Gasteiger partial charge in [-0.25, -0.2) is 0 Å². The van der Waals surface area contributed by atoms with Gasteiger partial charge in [0.15, 0.2) is 0 Å². The predicted molar refractivity (Wildman–Crippen MR) is 254 cm³/mol. The molecule has 0 aromatic heterocycles. The van der Waals surface area contributed by atoms with Crippen LogP contribution in [0, 0.1) is 0 Å². The number of aliphatic hydroxyl groups excluding tert-OH is 2. The van der Waals surface area contributed by atoms with Gasteiger partial charge in [-0.2, -0.15) is 0 Å². The number of aliphatic hydroxyl groups is 2. The molecule has 59 heavy (non-hydrogen) atoms. The van der Waals surface area contributed by atoms with Crippen LogP contribution in [0.3, 0.4) is 0 Å². The fourth-order valence-corrected chi connectivity index (χ4v) is 6.09. The molecule has 0 spiro atoms. The van der Waals surface area contributed by atoms with E-state index >= 15 is 0 Å². The molecule has 0 saturated heterocycles. The Labute approximate surface area is 361 Å². The first-order valence-corrected chi connectivity index (χ1v) is 23.3. The minimum absolute atomic E-state index is 0.0387. The van der Waals surface area contributed by atoms with Gasteiger partial charge in [0.2, 0.25) is 5.91 Å². The van der Waals surface area contributed by atoms with Gasteiger partial charge in [-0.15, -0.1) is 0 Å². The van der Waals surface area contributed by atoms with Crippen molar-refractivity contribution in [2.24, 2.45) is 0 Å². The average Bonchev–Trinajstić information content (AvgIpc) is 3.23. The van der Waals surface area contributed by atoms with Crippen molar-refractivity contribution in [3.05, 3.63) is 122 Å². The van der Waals surface area contributed by atoms with Crippen LogP contribution in [0.2, 0.25) is 0 Å². The summed E-state index contributed by atoms with van der Waals surface area (Å²) in [5, 5.41) is 23.5. The molecule has 0 aliphatic carbocycles. The number of hydrogen-bond donors (Lipinski definition) is 3. The number of allylic oxidation sites excluding steroid dienone is 19. The Hall–Kier alpha value is -3.74. The molecular formula is C53H85NO5. The summed E-state index contributed by atoms with van der Waals surface area (Å²) in [5.41, 5.74) is 0. The molecule has 3 unspecified atom stereocenters. The third-order valence-corrected chi connectivity index (χ3v) is 9.55. The lowest BCUT2D eigenvalue weighted by molar-refractivity contribution is -0.150. The molecular weight excluding hydrogens is 731 g/mol. The van der Waals surface area contributed by atoms with Crippen LogP contribution >= 0.6 is 0 Å². The molecule has 3 atom stereocenters. The molecule has 0 heterocycles. The van der Waals surface area contributed by atoms with Crippen molar-refractivity contribution in [1.29, 1.82) is 0 Å². The molecule has 0 rings (SSSR count). The standard InChI is InChI=1S/C53H85NO5/c1-4-7-10-13-16-19-21-23-25-27-29-31-34-37-40-43-46-53(58)59-49(44-41-38-35-33-30-28-26-24-22-20-17-14-11-8-5-2)47-52(57)54-50(48-55)51(56)45-42-39-36-32-18-15-12-9-6-3/h7-8,10-11,16-17,19-20,23-26,29-31,33,37-38,40-41,49-51,55-56H,4-6,9,12-15,18,21-22,27-28,32,34-36,39,42-48H2,1-3H3,(H,54,57)/b10-7+,11-8-,19-16+,20-17-,25-23+,26-24-,31-29+,33-30-,40-37+,41-38-. The zero-order valence-corrected chi connectivity index (χ0v) is 37.6. The molecule has 0 saturated carbocycles. The first-order chi connectivity index (χ1) is 29.0. The minimum atomic E-state index is -0.830. The van der Waals surface area contributed by atoms with Gasteiger partial charge in [-0.3, -0.25) is 9.59 Å². The predicted octanol–water partition coefficient (Wildman–Crippen LogP) is 13.7. The van der Waals surface area contributed by atoms with E-state index in [2.05, 4.69) is 129 Å². The largest absolute Gasteiger partial charge is 0.461 e. The monoisotopic (exact) mass is 816 g/mol. The second-order valence-electron chi connectivity index (χ2n) is 15.0. The number of amides is 1. The Morgan fingerprint density at radius 3 is 1.34 bits per heavy atom. The van der Waals surface area contributed by atoms with Crippen molar-refractivity contribution in [2.45, 2.75) is 193 Å². The summed E-state index contributed by atoms with van der Waals surface area (Å²) in [5.74, 6) is -0.696. The van der Waals surface area contributed by atoms with Gasteiger partial charge in [0.25, 0.3) is 0 Å². The van der Waals surface area contributed by atoms with Crippen LogP contribution in [0.15, 0.2) is 122 Å². The summed E-state index contributed by atoms with van der Waals surface area (Å²) < 4.78 is 5.80. The van der Waals surface area contributed by atoms with Crippen LogP contribution in [0.4, 0.5) is 0 Å². The van der Waals surface area contributed by atoms with E-state index in [-0.39, 0.29) is 31.3 Å². The fraction of sp³-hybridized carbons (Fsp3) is 0.585. The molecule has 6 heteroatoms. The fourth-order valence-electron chi connectivity index (χ4n) is 6.09. The Balaban J connectivity index is 4.91. The van der Waals surface area contributed by atoms with Crippen LogP contribution < -0.4 is 5.32 Å². The van der Waals surface area contributed by atoms with Crippen molar-refractivity contribution in [2.75, 3.05) is 6.61 Å². The summed E-state index contributed by atoms with van der Waals surface area (Å²) in [6.45, 7) is 6.16. The van der Waals surface area contributed by atoms with Crippen molar-refractivity contribution in [3.63, 3.8) is 0 Å². The number of ether oxygens (including phenoxy) is 1. The molecule has 6 nitrogen and oxygen atoms in total. The van der Waals surface area contributed by atoms with E-state index in [1.54, 1.807) is 0 Å². The zero-order valence-electron chi connectivity index (χ0n) is 37.6. The van der Waals surface area contributed by atoms with E-state index in [0.717, 1.165) is 83.5 Å².